The Morgan fingerprint density at radius 3 is 2.38 bits per heavy atom. The van der Waals surface area contributed by atoms with Crippen LogP contribution in [-0.4, -0.2) is 26.5 Å². The van der Waals surface area contributed by atoms with Gasteiger partial charge in [0.1, 0.15) is 12.0 Å². The summed E-state index contributed by atoms with van der Waals surface area (Å²) in [7, 11) is 1.63. The lowest BCUT2D eigenvalue weighted by molar-refractivity contribution is 0.112. The molecule has 0 aliphatic heterocycles. The molecule has 0 radical (unpaired) electrons. The first-order chi connectivity index (χ1) is 7.67. The number of hydrogen-bond donors (Lipinski definition) is 0. The second-order valence-electron chi connectivity index (χ2n) is 3.67. The van der Waals surface area contributed by atoms with Gasteiger partial charge in [0.2, 0.25) is 0 Å². The quantitative estimate of drug-likeness (QED) is 0.716. The standard InChI is InChI=1S/C13H19NO2/c1-5-14(6-2)12-7-10(3)11(9-15)8-13(12)16-4/h7-9H,5-6H2,1-4H3. The zero-order valence-corrected chi connectivity index (χ0v) is 10.4. The Morgan fingerprint density at radius 1 is 1.31 bits per heavy atom. The minimum atomic E-state index is 0.688. The Labute approximate surface area is 97.0 Å². The molecule has 16 heavy (non-hydrogen) atoms. The third-order valence-corrected chi connectivity index (χ3v) is 2.80. The largest absolute Gasteiger partial charge is 0.495 e. The summed E-state index contributed by atoms with van der Waals surface area (Å²) >= 11 is 0. The molecule has 0 atom stereocenters. The van der Waals surface area contributed by atoms with Crippen molar-refractivity contribution in [2.24, 2.45) is 0 Å². The van der Waals surface area contributed by atoms with Gasteiger partial charge in [-0.3, -0.25) is 4.79 Å². The van der Waals surface area contributed by atoms with E-state index < -0.39 is 0 Å². The second kappa shape index (κ2) is 5.54. The summed E-state index contributed by atoms with van der Waals surface area (Å²) in [5, 5.41) is 0. The maximum absolute atomic E-state index is 10.8. The van der Waals surface area contributed by atoms with E-state index in [9.17, 15) is 4.79 Å². The number of benzene rings is 1. The van der Waals surface area contributed by atoms with E-state index in [1.165, 1.54) is 0 Å². The SMILES string of the molecule is CCN(CC)c1cc(C)c(C=O)cc1OC. The van der Waals surface area contributed by atoms with E-state index in [-0.39, 0.29) is 0 Å². The lowest BCUT2D eigenvalue weighted by Crippen LogP contribution is -2.22. The van der Waals surface area contributed by atoms with E-state index in [0.29, 0.717) is 5.56 Å². The summed E-state index contributed by atoms with van der Waals surface area (Å²) in [5.41, 5.74) is 2.72. The summed E-state index contributed by atoms with van der Waals surface area (Å²) < 4.78 is 5.33. The van der Waals surface area contributed by atoms with E-state index in [2.05, 4.69) is 18.7 Å². The van der Waals surface area contributed by atoms with Gasteiger partial charge in [-0.25, -0.2) is 0 Å². The molecule has 0 N–H and O–H groups in total. The van der Waals surface area contributed by atoms with Gasteiger partial charge in [-0.1, -0.05) is 0 Å². The summed E-state index contributed by atoms with van der Waals surface area (Å²) in [5.74, 6) is 0.761. The monoisotopic (exact) mass is 221 g/mol. The van der Waals surface area contributed by atoms with E-state index in [0.717, 1.165) is 36.4 Å². The number of nitrogens with zero attached hydrogens (tertiary/aromatic N) is 1. The Bertz CT molecular complexity index is 370. The van der Waals surface area contributed by atoms with Crippen LogP contribution >= 0.6 is 0 Å². The molecule has 0 aromatic heterocycles. The van der Waals surface area contributed by atoms with Gasteiger partial charge < -0.3 is 9.64 Å². The van der Waals surface area contributed by atoms with Gasteiger partial charge >= 0.3 is 0 Å². The first-order valence-electron chi connectivity index (χ1n) is 5.56. The number of aldehydes is 1. The summed E-state index contributed by atoms with van der Waals surface area (Å²) in [6.45, 7) is 7.99. The van der Waals surface area contributed by atoms with Crippen molar-refractivity contribution >= 4 is 12.0 Å². The van der Waals surface area contributed by atoms with Crippen molar-refractivity contribution in [2.45, 2.75) is 20.8 Å². The Morgan fingerprint density at radius 2 is 1.94 bits per heavy atom. The molecule has 0 saturated heterocycles. The molecule has 3 heteroatoms. The molecule has 0 aliphatic rings. The van der Waals surface area contributed by atoms with Crippen molar-refractivity contribution in [2.75, 3.05) is 25.1 Å². The maximum Gasteiger partial charge on any atom is 0.150 e. The number of carbonyl (C=O) groups is 1. The molecule has 88 valence electrons. The summed E-state index contributed by atoms with van der Waals surface area (Å²) in [6, 6.07) is 3.81. The van der Waals surface area contributed by atoms with Crippen molar-refractivity contribution in [3.63, 3.8) is 0 Å². The van der Waals surface area contributed by atoms with Gasteiger partial charge in [0.05, 0.1) is 12.8 Å². The highest BCUT2D eigenvalue weighted by Gasteiger charge is 2.11. The Balaban J connectivity index is 3.27. The van der Waals surface area contributed by atoms with Crippen LogP contribution < -0.4 is 9.64 Å². The van der Waals surface area contributed by atoms with Gasteiger partial charge in [-0.2, -0.15) is 0 Å². The molecule has 1 aromatic rings. The van der Waals surface area contributed by atoms with Gasteiger partial charge in [-0.15, -0.1) is 0 Å². The number of ether oxygens (including phenoxy) is 1. The van der Waals surface area contributed by atoms with E-state index >= 15 is 0 Å². The Hall–Kier alpha value is -1.51. The minimum Gasteiger partial charge on any atom is -0.495 e. The summed E-state index contributed by atoms with van der Waals surface area (Å²) in [6.07, 6.45) is 0.865. The smallest absolute Gasteiger partial charge is 0.150 e. The molecule has 0 unspecified atom stereocenters. The number of rotatable bonds is 5. The molecular weight excluding hydrogens is 202 g/mol. The molecule has 0 amide bonds. The number of hydrogen-bond acceptors (Lipinski definition) is 3. The average Bonchev–Trinajstić information content (AvgIpc) is 2.31. The van der Waals surface area contributed by atoms with Crippen molar-refractivity contribution in [1.29, 1.82) is 0 Å². The predicted molar refractivity (Wildman–Crippen MR) is 66.7 cm³/mol. The summed E-state index contributed by atoms with van der Waals surface area (Å²) in [4.78, 5) is 13.1. The van der Waals surface area contributed by atoms with Crippen molar-refractivity contribution in [1.82, 2.24) is 0 Å². The first kappa shape index (κ1) is 12.6. The van der Waals surface area contributed by atoms with E-state index in [1.54, 1.807) is 13.2 Å². The van der Waals surface area contributed by atoms with Crippen LogP contribution in [0, 0.1) is 6.92 Å². The van der Waals surface area contributed by atoms with Gasteiger partial charge in [0.25, 0.3) is 0 Å². The van der Waals surface area contributed by atoms with Crippen molar-refractivity contribution < 1.29 is 9.53 Å². The van der Waals surface area contributed by atoms with Crippen LogP contribution in [-0.2, 0) is 0 Å². The van der Waals surface area contributed by atoms with Crippen LogP contribution in [0.25, 0.3) is 0 Å². The van der Waals surface area contributed by atoms with Crippen LogP contribution in [0.15, 0.2) is 12.1 Å². The fraction of sp³-hybridized carbons (Fsp3) is 0.462. The molecule has 1 rings (SSSR count). The highest BCUT2D eigenvalue weighted by atomic mass is 16.5. The zero-order chi connectivity index (χ0) is 12.1. The highest BCUT2D eigenvalue weighted by Crippen LogP contribution is 2.30. The minimum absolute atomic E-state index is 0.688. The number of methoxy groups -OCH3 is 1. The molecule has 1 aromatic carbocycles. The normalized spacial score (nSPS) is 10.0. The van der Waals surface area contributed by atoms with Crippen LogP contribution in [0.2, 0.25) is 0 Å². The van der Waals surface area contributed by atoms with E-state index in [1.807, 2.05) is 13.0 Å². The second-order valence-corrected chi connectivity index (χ2v) is 3.67. The average molecular weight is 221 g/mol. The van der Waals surface area contributed by atoms with Gasteiger partial charge in [-0.05, 0) is 38.5 Å². The molecule has 0 aliphatic carbocycles. The first-order valence-corrected chi connectivity index (χ1v) is 5.56. The van der Waals surface area contributed by atoms with Gasteiger partial charge in [0.15, 0.2) is 0 Å². The lowest BCUT2D eigenvalue weighted by Gasteiger charge is -2.24. The molecule has 0 saturated carbocycles. The van der Waals surface area contributed by atoms with Crippen LogP contribution in [0.4, 0.5) is 5.69 Å². The fourth-order valence-electron chi connectivity index (χ4n) is 1.79. The molecule has 0 spiro atoms. The topological polar surface area (TPSA) is 29.5 Å². The molecule has 0 fully saturated rings. The number of anilines is 1. The van der Waals surface area contributed by atoms with Gasteiger partial charge in [0, 0.05) is 18.7 Å². The molecule has 0 bridgehead atoms. The third kappa shape index (κ3) is 2.35. The third-order valence-electron chi connectivity index (χ3n) is 2.80. The van der Waals surface area contributed by atoms with Crippen LogP contribution in [0.1, 0.15) is 29.8 Å². The molecule has 3 nitrogen and oxygen atoms in total. The van der Waals surface area contributed by atoms with Crippen LogP contribution in [0.3, 0.4) is 0 Å². The Kier molecular flexibility index (Phi) is 4.35. The van der Waals surface area contributed by atoms with Crippen LogP contribution in [0.5, 0.6) is 5.75 Å². The zero-order valence-electron chi connectivity index (χ0n) is 10.4. The van der Waals surface area contributed by atoms with E-state index in [4.69, 9.17) is 4.74 Å². The number of aryl methyl sites for hydroxylation is 1. The highest BCUT2D eigenvalue weighted by molar-refractivity contribution is 5.80. The number of carbonyl (C=O) groups excluding carboxylic acids is 1. The maximum atomic E-state index is 10.8. The lowest BCUT2D eigenvalue weighted by atomic mass is 10.1. The molecular formula is C13H19NO2. The molecule has 0 heterocycles. The van der Waals surface area contributed by atoms with Crippen molar-refractivity contribution in [3.05, 3.63) is 23.3 Å². The predicted octanol–water partition coefficient (Wildman–Crippen LogP) is 2.66. The van der Waals surface area contributed by atoms with Crippen molar-refractivity contribution in [3.8, 4) is 5.75 Å². The fourth-order valence-corrected chi connectivity index (χ4v) is 1.79.